The van der Waals surface area contributed by atoms with Crippen LogP contribution in [-0.4, -0.2) is 49.4 Å². The summed E-state index contributed by atoms with van der Waals surface area (Å²) in [6.45, 7) is 6.92. The van der Waals surface area contributed by atoms with Gasteiger partial charge in [-0.1, -0.05) is 41.9 Å². The molecule has 1 unspecified atom stereocenters. The Labute approximate surface area is 205 Å². The van der Waals surface area contributed by atoms with E-state index < -0.39 is 5.60 Å². The number of piperidine rings is 1. The number of likely N-dealkylation sites (tertiary alicyclic amines) is 1. The molecule has 2 aromatic heterocycles. The molecule has 3 heterocycles. The number of pyridine rings is 1. The molecule has 2 aliphatic rings. The van der Waals surface area contributed by atoms with Crippen molar-refractivity contribution in [1.29, 1.82) is 0 Å². The Morgan fingerprint density at radius 3 is 2.62 bits per heavy atom. The van der Waals surface area contributed by atoms with E-state index >= 15 is 0 Å². The van der Waals surface area contributed by atoms with Crippen LogP contribution in [0.5, 0.6) is 0 Å². The van der Waals surface area contributed by atoms with Crippen molar-refractivity contribution in [3.63, 3.8) is 0 Å². The highest BCUT2D eigenvalue weighted by Crippen LogP contribution is 2.54. The van der Waals surface area contributed by atoms with Crippen LogP contribution in [-0.2, 0) is 4.74 Å². The second-order valence-corrected chi connectivity index (χ2v) is 10.6. The van der Waals surface area contributed by atoms with Gasteiger partial charge in [0.15, 0.2) is 5.82 Å². The minimum Gasteiger partial charge on any atom is -0.444 e. The number of ether oxygens (including phenoxy) is 1. The second kappa shape index (κ2) is 9.02. The molecular formula is C26H30ClN5O2. The van der Waals surface area contributed by atoms with Gasteiger partial charge in [0.05, 0.1) is 11.9 Å². The number of aromatic nitrogens is 4. The van der Waals surface area contributed by atoms with Crippen LogP contribution in [0.3, 0.4) is 0 Å². The Hall–Kier alpha value is -2.93. The highest BCUT2D eigenvalue weighted by atomic mass is 35.5. The van der Waals surface area contributed by atoms with E-state index in [0.717, 1.165) is 36.6 Å². The van der Waals surface area contributed by atoms with Gasteiger partial charge in [0.25, 0.3) is 0 Å². The zero-order chi connectivity index (χ0) is 23.9. The van der Waals surface area contributed by atoms with Gasteiger partial charge in [-0.15, -0.1) is 0 Å². The van der Waals surface area contributed by atoms with Gasteiger partial charge >= 0.3 is 6.09 Å². The fourth-order valence-electron chi connectivity index (χ4n) is 4.67. The van der Waals surface area contributed by atoms with Crippen molar-refractivity contribution in [1.82, 2.24) is 24.6 Å². The quantitative estimate of drug-likeness (QED) is 0.448. The average molecular weight is 480 g/mol. The summed E-state index contributed by atoms with van der Waals surface area (Å²) >= 11 is 6.03. The Kier molecular flexibility index (Phi) is 6.06. The molecule has 0 spiro atoms. The molecule has 5 rings (SSSR count). The lowest BCUT2D eigenvalue weighted by Crippen LogP contribution is -2.42. The van der Waals surface area contributed by atoms with Crippen LogP contribution in [0.15, 0.2) is 48.7 Å². The normalized spacial score (nSPS) is 22.5. The smallest absolute Gasteiger partial charge is 0.410 e. The molecule has 0 N–H and O–H groups in total. The third kappa shape index (κ3) is 4.94. The fraction of sp³-hybridized carbons (Fsp3) is 0.462. The number of amides is 1. The van der Waals surface area contributed by atoms with Crippen LogP contribution in [0.1, 0.15) is 75.0 Å². The van der Waals surface area contributed by atoms with Crippen molar-refractivity contribution in [3.05, 3.63) is 71.0 Å². The first-order valence-corrected chi connectivity index (χ1v) is 12.3. The Bertz CT molecular complexity index is 1160. The summed E-state index contributed by atoms with van der Waals surface area (Å²) in [5, 5.41) is 5.38. The molecule has 1 aliphatic carbocycles. The van der Waals surface area contributed by atoms with Crippen LogP contribution in [0.2, 0.25) is 5.15 Å². The molecule has 34 heavy (non-hydrogen) atoms. The number of carbonyl (C=O) groups is 1. The topological polar surface area (TPSA) is 73.1 Å². The SMILES string of the molecule is CC(C)(C)OC(=O)N1CCCC(c2nc([C@H]3C[C@H]3c3ccccc3)n(-c3ccc(Cl)nc3)n2)C1. The molecule has 178 valence electrons. The van der Waals surface area contributed by atoms with E-state index in [9.17, 15) is 4.79 Å². The molecule has 1 amide bonds. The highest BCUT2D eigenvalue weighted by Gasteiger charge is 2.44. The Balaban J connectivity index is 1.42. The van der Waals surface area contributed by atoms with E-state index in [0.29, 0.717) is 30.1 Å². The highest BCUT2D eigenvalue weighted by molar-refractivity contribution is 6.29. The molecule has 1 saturated carbocycles. The summed E-state index contributed by atoms with van der Waals surface area (Å²) in [5.74, 6) is 2.52. The fourth-order valence-corrected chi connectivity index (χ4v) is 4.78. The van der Waals surface area contributed by atoms with Crippen LogP contribution < -0.4 is 0 Å². The number of hydrogen-bond acceptors (Lipinski definition) is 5. The third-order valence-corrected chi connectivity index (χ3v) is 6.62. The predicted octanol–water partition coefficient (Wildman–Crippen LogP) is 5.70. The van der Waals surface area contributed by atoms with Crippen molar-refractivity contribution >= 4 is 17.7 Å². The molecule has 7 nitrogen and oxygen atoms in total. The lowest BCUT2D eigenvalue weighted by molar-refractivity contribution is 0.0196. The van der Waals surface area contributed by atoms with Gasteiger partial charge in [0.2, 0.25) is 0 Å². The summed E-state index contributed by atoms with van der Waals surface area (Å²) in [6, 6.07) is 14.3. The monoisotopic (exact) mass is 479 g/mol. The van der Waals surface area contributed by atoms with Gasteiger partial charge in [-0.05, 0) is 63.6 Å². The number of rotatable bonds is 4. The summed E-state index contributed by atoms with van der Waals surface area (Å²) in [7, 11) is 0. The lowest BCUT2D eigenvalue weighted by Gasteiger charge is -2.33. The molecule has 1 aliphatic heterocycles. The summed E-state index contributed by atoms with van der Waals surface area (Å²) in [4.78, 5) is 23.8. The molecule has 0 radical (unpaired) electrons. The van der Waals surface area contributed by atoms with Crippen molar-refractivity contribution in [3.8, 4) is 5.69 Å². The molecule has 2 fully saturated rings. The standard InChI is InChI=1S/C26H30ClN5O2/c1-26(2,3)34-25(33)31-13-7-10-18(16-31)23-29-24(21-14-20(21)17-8-5-4-6-9-17)32(30-23)19-11-12-22(27)28-15-19/h4-6,8-9,11-12,15,18,20-21H,7,10,13-14,16H2,1-3H3/t18?,20-,21-/m0/s1. The van der Waals surface area contributed by atoms with Crippen LogP contribution >= 0.6 is 11.6 Å². The van der Waals surface area contributed by atoms with Gasteiger partial charge in [0, 0.05) is 24.9 Å². The van der Waals surface area contributed by atoms with E-state index in [1.165, 1.54) is 5.56 Å². The summed E-state index contributed by atoms with van der Waals surface area (Å²) in [5.41, 5.74) is 1.65. The van der Waals surface area contributed by atoms with Crippen LogP contribution in [0.25, 0.3) is 5.69 Å². The molecule has 8 heteroatoms. The van der Waals surface area contributed by atoms with Gasteiger partial charge in [-0.25, -0.2) is 19.4 Å². The Morgan fingerprint density at radius 2 is 1.91 bits per heavy atom. The van der Waals surface area contributed by atoms with E-state index in [1.807, 2.05) is 37.6 Å². The number of carbonyl (C=O) groups excluding carboxylic acids is 1. The molecule has 3 atom stereocenters. The zero-order valence-corrected chi connectivity index (χ0v) is 20.6. The first-order chi connectivity index (χ1) is 16.3. The van der Waals surface area contributed by atoms with Crippen molar-refractivity contribution < 1.29 is 9.53 Å². The minimum absolute atomic E-state index is 0.0652. The first-order valence-electron chi connectivity index (χ1n) is 11.9. The molecule has 1 aromatic carbocycles. The van der Waals surface area contributed by atoms with E-state index in [-0.39, 0.29) is 12.0 Å². The predicted molar refractivity (Wildman–Crippen MR) is 130 cm³/mol. The first kappa shape index (κ1) is 22.8. The van der Waals surface area contributed by atoms with E-state index in [4.69, 9.17) is 26.4 Å². The molecular weight excluding hydrogens is 450 g/mol. The van der Waals surface area contributed by atoms with Crippen LogP contribution in [0.4, 0.5) is 4.79 Å². The van der Waals surface area contributed by atoms with E-state index in [1.54, 1.807) is 17.2 Å². The largest absolute Gasteiger partial charge is 0.444 e. The van der Waals surface area contributed by atoms with Crippen molar-refractivity contribution in [2.24, 2.45) is 0 Å². The van der Waals surface area contributed by atoms with Gasteiger partial charge < -0.3 is 9.64 Å². The molecule has 1 saturated heterocycles. The third-order valence-electron chi connectivity index (χ3n) is 6.39. The number of halogens is 1. The lowest BCUT2D eigenvalue weighted by atomic mass is 9.98. The maximum atomic E-state index is 12.7. The zero-order valence-electron chi connectivity index (χ0n) is 19.8. The maximum Gasteiger partial charge on any atom is 0.410 e. The number of benzene rings is 1. The van der Waals surface area contributed by atoms with Gasteiger partial charge in [-0.2, -0.15) is 5.10 Å². The Morgan fingerprint density at radius 1 is 1.12 bits per heavy atom. The van der Waals surface area contributed by atoms with Gasteiger partial charge in [0.1, 0.15) is 16.6 Å². The number of nitrogens with zero attached hydrogens (tertiary/aromatic N) is 5. The van der Waals surface area contributed by atoms with Crippen LogP contribution in [0, 0.1) is 0 Å². The molecule has 0 bridgehead atoms. The maximum absolute atomic E-state index is 12.7. The minimum atomic E-state index is -0.517. The average Bonchev–Trinajstić information content (AvgIpc) is 3.49. The number of hydrogen-bond donors (Lipinski definition) is 0. The van der Waals surface area contributed by atoms with E-state index in [2.05, 4.69) is 29.2 Å². The van der Waals surface area contributed by atoms with Crippen molar-refractivity contribution in [2.45, 2.75) is 63.4 Å². The van der Waals surface area contributed by atoms with Gasteiger partial charge in [-0.3, -0.25) is 0 Å². The van der Waals surface area contributed by atoms with Crippen molar-refractivity contribution in [2.75, 3.05) is 13.1 Å². The summed E-state index contributed by atoms with van der Waals surface area (Å²) < 4.78 is 7.52. The summed E-state index contributed by atoms with van der Waals surface area (Å²) in [6.07, 6.45) is 4.33. The second-order valence-electron chi connectivity index (χ2n) is 10.2. The molecule has 3 aromatic rings.